The first-order valence-corrected chi connectivity index (χ1v) is 13.9. The maximum Gasteiger partial charge on any atom is 0.255 e. The lowest BCUT2D eigenvalue weighted by Gasteiger charge is -2.33. The fourth-order valence-electron chi connectivity index (χ4n) is 4.52. The van der Waals surface area contributed by atoms with Gasteiger partial charge in [-0.3, -0.25) is 4.79 Å². The Kier molecular flexibility index (Phi) is 8.73. The number of aryl methyl sites for hydroxylation is 3. The molecule has 6 nitrogen and oxygen atoms in total. The molecular formula is C25H33N3O3S2. The van der Waals surface area contributed by atoms with Gasteiger partial charge < -0.3 is 0 Å². The summed E-state index contributed by atoms with van der Waals surface area (Å²) >= 11 is 1.65. The molecule has 0 atom stereocenters. The molecule has 178 valence electrons. The minimum absolute atomic E-state index is 0.183. The summed E-state index contributed by atoms with van der Waals surface area (Å²) in [6.07, 6.45) is 8.13. The molecule has 33 heavy (non-hydrogen) atoms. The highest BCUT2D eigenvalue weighted by Crippen LogP contribution is 2.31. The Bertz CT molecular complexity index is 1080. The predicted molar refractivity (Wildman–Crippen MR) is 135 cm³/mol. The molecule has 1 N–H and O–H groups in total. The summed E-state index contributed by atoms with van der Waals surface area (Å²) in [5.74, 6) is -0.441. The topological polar surface area (TPSA) is 78.8 Å². The number of thioether (sulfide) groups is 1. The first kappa shape index (κ1) is 25.5. The van der Waals surface area contributed by atoms with Crippen LogP contribution in [0.4, 0.5) is 0 Å². The molecule has 0 aromatic heterocycles. The van der Waals surface area contributed by atoms with E-state index in [9.17, 15) is 13.2 Å². The van der Waals surface area contributed by atoms with E-state index in [0.717, 1.165) is 48.1 Å². The minimum Gasteiger partial charge on any atom is -0.272 e. The lowest BCUT2D eigenvalue weighted by Crippen LogP contribution is -2.46. The molecule has 2 aromatic carbocycles. The predicted octanol–water partition coefficient (Wildman–Crippen LogP) is 4.81. The van der Waals surface area contributed by atoms with E-state index in [0.29, 0.717) is 16.0 Å². The fraction of sp³-hybridized carbons (Fsp3) is 0.440. The SMILES string of the molecule is CSc1ccc(/C=N/NC(=O)CN(C2CCCCC2)S(=O)(=O)c2c(C)cc(C)cc2C)cc1. The molecular weight excluding hydrogens is 454 g/mol. The quantitative estimate of drug-likeness (QED) is 0.329. The van der Waals surface area contributed by atoms with Crippen LogP contribution in [0, 0.1) is 20.8 Å². The number of amides is 1. The van der Waals surface area contributed by atoms with Gasteiger partial charge in [-0.05, 0) is 68.7 Å². The highest BCUT2D eigenvalue weighted by atomic mass is 32.2. The Morgan fingerprint density at radius 1 is 1.09 bits per heavy atom. The zero-order valence-corrected chi connectivity index (χ0v) is 21.4. The molecule has 0 spiro atoms. The van der Waals surface area contributed by atoms with Crippen LogP contribution in [-0.2, 0) is 14.8 Å². The summed E-state index contributed by atoms with van der Waals surface area (Å²) in [4.78, 5) is 14.2. The number of hydrazone groups is 1. The minimum atomic E-state index is -3.84. The molecule has 0 radical (unpaired) electrons. The van der Waals surface area contributed by atoms with E-state index < -0.39 is 15.9 Å². The Labute approximate surface area is 201 Å². The van der Waals surface area contributed by atoms with Crippen LogP contribution in [0.3, 0.4) is 0 Å². The smallest absolute Gasteiger partial charge is 0.255 e. The number of carbonyl (C=O) groups is 1. The molecule has 1 saturated carbocycles. The van der Waals surface area contributed by atoms with E-state index >= 15 is 0 Å². The van der Waals surface area contributed by atoms with Crippen molar-refractivity contribution in [2.75, 3.05) is 12.8 Å². The maximum atomic E-state index is 13.8. The van der Waals surface area contributed by atoms with Gasteiger partial charge in [0.25, 0.3) is 5.91 Å². The molecule has 0 saturated heterocycles. The second-order valence-corrected chi connectivity index (χ2v) is 11.3. The summed E-state index contributed by atoms with van der Waals surface area (Å²) < 4.78 is 29.0. The lowest BCUT2D eigenvalue weighted by atomic mass is 9.95. The Morgan fingerprint density at radius 3 is 2.27 bits per heavy atom. The van der Waals surface area contributed by atoms with Gasteiger partial charge in [0.2, 0.25) is 10.0 Å². The summed E-state index contributed by atoms with van der Waals surface area (Å²) in [6, 6.07) is 11.4. The molecule has 1 aliphatic carbocycles. The van der Waals surface area contributed by atoms with Gasteiger partial charge in [0.05, 0.1) is 17.7 Å². The monoisotopic (exact) mass is 487 g/mol. The molecule has 2 aromatic rings. The van der Waals surface area contributed by atoms with Gasteiger partial charge in [0.1, 0.15) is 0 Å². The largest absolute Gasteiger partial charge is 0.272 e. The molecule has 1 aliphatic rings. The lowest BCUT2D eigenvalue weighted by molar-refractivity contribution is -0.121. The summed E-state index contributed by atoms with van der Waals surface area (Å²) in [5, 5.41) is 4.04. The van der Waals surface area contributed by atoms with Crippen molar-refractivity contribution in [2.24, 2.45) is 5.10 Å². The number of sulfonamides is 1. The van der Waals surface area contributed by atoms with Crippen LogP contribution in [0.1, 0.15) is 54.4 Å². The molecule has 0 heterocycles. The van der Waals surface area contributed by atoms with Crippen molar-refractivity contribution >= 4 is 33.9 Å². The number of carbonyl (C=O) groups excluding carboxylic acids is 1. The number of benzene rings is 2. The van der Waals surface area contributed by atoms with Crippen LogP contribution in [-0.4, -0.2) is 43.7 Å². The zero-order valence-electron chi connectivity index (χ0n) is 19.8. The molecule has 1 amide bonds. The van der Waals surface area contributed by atoms with Crippen molar-refractivity contribution in [3.8, 4) is 0 Å². The first-order chi connectivity index (χ1) is 15.7. The Morgan fingerprint density at radius 2 is 1.70 bits per heavy atom. The zero-order chi connectivity index (χ0) is 24.0. The van der Waals surface area contributed by atoms with Crippen molar-refractivity contribution in [1.29, 1.82) is 0 Å². The van der Waals surface area contributed by atoms with Crippen molar-refractivity contribution in [3.63, 3.8) is 0 Å². The molecule has 8 heteroatoms. The summed E-state index contributed by atoms with van der Waals surface area (Å²) in [7, 11) is -3.84. The van der Waals surface area contributed by atoms with E-state index in [1.54, 1.807) is 18.0 Å². The van der Waals surface area contributed by atoms with Crippen LogP contribution in [0.2, 0.25) is 0 Å². The van der Waals surface area contributed by atoms with E-state index in [1.165, 1.54) is 4.31 Å². The molecule has 0 bridgehead atoms. The highest BCUT2D eigenvalue weighted by Gasteiger charge is 2.35. The number of hydrogen-bond acceptors (Lipinski definition) is 5. The summed E-state index contributed by atoms with van der Waals surface area (Å²) in [6.45, 7) is 5.34. The second kappa shape index (κ2) is 11.3. The normalized spacial score (nSPS) is 15.3. The van der Waals surface area contributed by atoms with Gasteiger partial charge in [0.15, 0.2) is 0 Å². The van der Waals surface area contributed by atoms with Gasteiger partial charge in [0, 0.05) is 10.9 Å². The fourth-order valence-corrected chi connectivity index (χ4v) is 6.98. The number of hydrogen-bond donors (Lipinski definition) is 1. The van der Waals surface area contributed by atoms with Gasteiger partial charge in [-0.1, -0.05) is 49.1 Å². The van der Waals surface area contributed by atoms with E-state index in [2.05, 4.69) is 10.5 Å². The number of nitrogens with zero attached hydrogens (tertiary/aromatic N) is 2. The van der Waals surface area contributed by atoms with Gasteiger partial charge in [-0.2, -0.15) is 9.41 Å². The first-order valence-electron chi connectivity index (χ1n) is 11.3. The standard InChI is InChI=1S/C25H33N3O3S2/c1-18-14-19(2)25(20(3)15-18)33(30,31)28(22-8-6-5-7-9-22)17-24(29)27-26-16-21-10-12-23(32-4)13-11-21/h10-16,22H,5-9,17H2,1-4H3,(H,27,29)/b26-16+. The molecule has 3 rings (SSSR count). The maximum absolute atomic E-state index is 13.8. The molecule has 1 fully saturated rings. The summed E-state index contributed by atoms with van der Waals surface area (Å²) in [5.41, 5.74) is 5.80. The van der Waals surface area contributed by atoms with Crippen LogP contribution < -0.4 is 5.43 Å². The van der Waals surface area contributed by atoms with E-state index in [1.807, 2.05) is 63.4 Å². The highest BCUT2D eigenvalue weighted by molar-refractivity contribution is 7.98. The van der Waals surface area contributed by atoms with Crippen molar-refractivity contribution in [1.82, 2.24) is 9.73 Å². The third-order valence-electron chi connectivity index (χ3n) is 5.97. The second-order valence-electron chi connectivity index (χ2n) is 8.64. The van der Waals surface area contributed by atoms with Gasteiger partial charge in [-0.25, -0.2) is 13.8 Å². The van der Waals surface area contributed by atoms with Crippen molar-refractivity contribution in [2.45, 2.75) is 68.7 Å². The number of rotatable bonds is 8. The average Bonchev–Trinajstić information content (AvgIpc) is 2.77. The van der Waals surface area contributed by atoms with Crippen LogP contribution in [0.5, 0.6) is 0 Å². The van der Waals surface area contributed by atoms with E-state index in [4.69, 9.17) is 0 Å². The van der Waals surface area contributed by atoms with Crippen molar-refractivity contribution < 1.29 is 13.2 Å². The van der Waals surface area contributed by atoms with Gasteiger partial charge in [-0.15, -0.1) is 11.8 Å². The van der Waals surface area contributed by atoms with Crippen molar-refractivity contribution in [3.05, 3.63) is 58.7 Å². The molecule has 0 aliphatic heterocycles. The third kappa shape index (κ3) is 6.46. The molecule has 0 unspecified atom stereocenters. The van der Waals surface area contributed by atoms with E-state index in [-0.39, 0.29) is 12.6 Å². The Hall–Kier alpha value is -2.16. The van der Waals surface area contributed by atoms with Crippen LogP contribution in [0.15, 0.2) is 51.3 Å². The van der Waals surface area contributed by atoms with Crippen LogP contribution in [0.25, 0.3) is 0 Å². The van der Waals surface area contributed by atoms with Crippen LogP contribution >= 0.6 is 11.8 Å². The average molecular weight is 488 g/mol. The van der Waals surface area contributed by atoms with Gasteiger partial charge >= 0.3 is 0 Å². The third-order valence-corrected chi connectivity index (χ3v) is 8.92. The number of nitrogens with one attached hydrogen (secondary N) is 1. The Balaban J connectivity index is 1.80.